The second-order valence-electron chi connectivity index (χ2n) is 2.91. The van der Waals surface area contributed by atoms with E-state index in [1.165, 1.54) is 21.6 Å². The Bertz CT molecular complexity index is 264. The Morgan fingerprint density at radius 1 is 1.09 bits per heavy atom. The van der Waals surface area contributed by atoms with Gasteiger partial charge in [-0.3, -0.25) is 0 Å². The third kappa shape index (κ3) is 1.72. The molecule has 0 fully saturated rings. The molecular weight excluding hydrogens is 152 g/mol. The highest BCUT2D eigenvalue weighted by atomic mass is 32.1. The van der Waals surface area contributed by atoms with Gasteiger partial charge in [-0.05, 0) is 31.9 Å². The van der Waals surface area contributed by atoms with E-state index < -0.39 is 0 Å². The van der Waals surface area contributed by atoms with Gasteiger partial charge in [-0.25, -0.2) is 0 Å². The third-order valence-electron chi connectivity index (χ3n) is 1.79. The molecule has 0 aliphatic heterocycles. The van der Waals surface area contributed by atoms with Crippen LogP contribution >= 0.6 is 11.4 Å². The molecule has 1 aromatic rings. The summed E-state index contributed by atoms with van der Waals surface area (Å²) < 4.78 is 0. The number of rotatable bonds is 1. The van der Waals surface area contributed by atoms with E-state index in [-0.39, 0.29) is 0 Å². The summed E-state index contributed by atoms with van der Waals surface area (Å²) in [6.07, 6.45) is 0. The Hall–Kier alpha value is -0.560. The van der Waals surface area contributed by atoms with Gasteiger partial charge in [0.25, 0.3) is 0 Å². The first-order chi connectivity index (χ1) is 5.15. The first-order valence-electron chi connectivity index (χ1n) is 3.69. The zero-order valence-corrected chi connectivity index (χ0v) is 8.20. The molecule has 1 heteroatoms. The number of hydrogen-bond donors (Lipinski definition) is 1. The molecule has 1 aromatic carbocycles. The average molecular weight is 166 g/mol. The Morgan fingerprint density at radius 2 is 1.55 bits per heavy atom. The third-order valence-corrected chi connectivity index (χ3v) is 2.82. The fourth-order valence-electron chi connectivity index (χ4n) is 1.42. The molecule has 0 saturated carbocycles. The van der Waals surface area contributed by atoms with Crippen LogP contribution in [0.2, 0.25) is 0 Å². The van der Waals surface area contributed by atoms with Gasteiger partial charge in [-0.1, -0.05) is 23.6 Å². The van der Waals surface area contributed by atoms with Gasteiger partial charge >= 0.3 is 0 Å². The highest BCUT2D eigenvalue weighted by Crippen LogP contribution is 2.21. The van der Waals surface area contributed by atoms with Crippen LogP contribution < -0.4 is 0 Å². The van der Waals surface area contributed by atoms with Crippen molar-refractivity contribution in [3.8, 4) is 0 Å². The van der Waals surface area contributed by atoms with Crippen molar-refractivity contribution in [2.75, 3.05) is 0 Å². The van der Waals surface area contributed by atoms with Crippen LogP contribution in [0.3, 0.4) is 0 Å². The minimum atomic E-state index is 1.13. The lowest BCUT2D eigenvalue weighted by atomic mass is 10.1. The summed E-state index contributed by atoms with van der Waals surface area (Å²) in [7, 11) is 0. The molecule has 0 atom stereocenters. The lowest BCUT2D eigenvalue weighted by Gasteiger charge is -2.05. The van der Waals surface area contributed by atoms with Gasteiger partial charge in [-0.2, -0.15) is 11.4 Å². The van der Waals surface area contributed by atoms with Gasteiger partial charge in [0.2, 0.25) is 0 Å². The molecule has 0 N–H and O–H groups in total. The smallest absolute Gasteiger partial charge is 0.00418 e. The van der Waals surface area contributed by atoms with Gasteiger partial charge in [0.05, 0.1) is 0 Å². The maximum absolute atomic E-state index is 3.88. The lowest BCUT2D eigenvalue weighted by Crippen LogP contribution is -1.84. The van der Waals surface area contributed by atoms with Crippen LogP contribution in [0.1, 0.15) is 16.7 Å². The van der Waals surface area contributed by atoms with Crippen LogP contribution in [0.15, 0.2) is 17.0 Å². The van der Waals surface area contributed by atoms with Gasteiger partial charge in [0.15, 0.2) is 0 Å². The molecule has 0 heterocycles. The van der Waals surface area contributed by atoms with Crippen molar-refractivity contribution in [3.05, 3.63) is 28.8 Å². The van der Waals surface area contributed by atoms with E-state index in [4.69, 9.17) is 0 Å². The molecule has 0 aromatic heterocycles. The molecule has 0 aliphatic carbocycles. The molecule has 0 aliphatic rings. The SMILES string of the molecule is C=[SH]c1c(C)cc(C)cc1C. The van der Waals surface area contributed by atoms with Crippen molar-refractivity contribution in [2.45, 2.75) is 25.7 Å². The predicted octanol–water partition coefficient (Wildman–Crippen LogP) is 2.87. The molecule has 0 spiro atoms. The minimum absolute atomic E-state index is 1.13. The number of aryl methyl sites for hydroxylation is 3. The monoisotopic (exact) mass is 166 g/mol. The summed E-state index contributed by atoms with van der Waals surface area (Å²) in [5, 5.41) is 0. The lowest BCUT2D eigenvalue weighted by molar-refractivity contribution is 1.19. The molecule has 0 bridgehead atoms. The standard InChI is InChI=1S/C10H14S/c1-7-5-8(2)10(11-4)9(3)6-7/h5-6,11H,4H2,1-3H3. The molecular formula is C10H14S. The van der Waals surface area contributed by atoms with Crippen LogP contribution in [0.4, 0.5) is 0 Å². The Balaban J connectivity index is 3.36. The highest BCUT2D eigenvalue weighted by molar-refractivity contribution is 7.96. The largest absolute Gasteiger partial charge is 0.176 e. The Morgan fingerprint density at radius 3 is 1.91 bits per heavy atom. The van der Waals surface area contributed by atoms with Crippen molar-refractivity contribution in [3.63, 3.8) is 0 Å². The quantitative estimate of drug-likeness (QED) is 0.481. The first kappa shape index (κ1) is 8.54. The molecule has 0 radical (unpaired) electrons. The van der Waals surface area contributed by atoms with Gasteiger partial charge in [0.1, 0.15) is 0 Å². The summed E-state index contributed by atoms with van der Waals surface area (Å²) in [6.45, 7) is 6.42. The van der Waals surface area contributed by atoms with E-state index >= 15 is 0 Å². The molecule has 0 saturated heterocycles. The molecule has 0 unspecified atom stereocenters. The van der Waals surface area contributed by atoms with Crippen molar-refractivity contribution in [2.24, 2.45) is 0 Å². The van der Waals surface area contributed by atoms with E-state index in [9.17, 15) is 0 Å². The van der Waals surface area contributed by atoms with Gasteiger partial charge < -0.3 is 0 Å². The normalized spacial score (nSPS) is 10.1. The second kappa shape index (κ2) is 3.22. The zero-order valence-electron chi connectivity index (χ0n) is 7.31. The van der Waals surface area contributed by atoms with Crippen LogP contribution in [0.5, 0.6) is 0 Å². The van der Waals surface area contributed by atoms with Crippen LogP contribution in [-0.2, 0) is 0 Å². The molecule has 0 amide bonds. The van der Waals surface area contributed by atoms with Crippen molar-refractivity contribution in [1.29, 1.82) is 0 Å². The Kier molecular flexibility index (Phi) is 2.50. The van der Waals surface area contributed by atoms with E-state index in [1.54, 1.807) is 0 Å². The topological polar surface area (TPSA) is 0 Å². The minimum Gasteiger partial charge on any atom is -0.176 e. The average Bonchev–Trinajstić information content (AvgIpc) is 1.85. The predicted molar refractivity (Wildman–Crippen MR) is 55.0 cm³/mol. The zero-order chi connectivity index (χ0) is 8.43. The summed E-state index contributed by atoms with van der Waals surface area (Å²) in [6, 6.07) is 4.42. The van der Waals surface area contributed by atoms with Crippen molar-refractivity contribution in [1.82, 2.24) is 0 Å². The maximum Gasteiger partial charge on any atom is 0.00418 e. The molecule has 1 rings (SSSR count). The second-order valence-corrected chi connectivity index (χ2v) is 3.67. The summed E-state index contributed by atoms with van der Waals surface area (Å²) in [4.78, 5) is 1.37. The van der Waals surface area contributed by atoms with E-state index in [2.05, 4.69) is 38.8 Å². The molecule has 60 valence electrons. The van der Waals surface area contributed by atoms with E-state index in [0.717, 1.165) is 11.4 Å². The van der Waals surface area contributed by atoms with E-state index in [0.29, 0.717) is 0 Å². The number of thiol groups is 1. The van der Waals surface area contributed by atoms with E-state index in [1.807, 2.05) is 0 Å². The summed E-state index contributed by atoms with van der Waals surface area (Å²) in [5.74, 6) is 3.88. The molecule has 11 heavy (non-hydrogen) atoms. The fraction of sp³-hybridized carbons (Fsp3) is 0.300. The van der Waals surface area contributed by atoms with Gasteiger partial charge in [-0.15, -0.1) is 0 Å². The first-order valence-corrected chi connectivity index (χ1v) is 4.77. The van der Waals surface area contributed by atoms with Crippen LogP contribution in [0, 0.1) is 20.8 Å². The summed E-state index contributed by atoms with van der Waals surface area (Å²) in [5.41, 5.74) is 4.06. The summed E-state index contributed by atoms with van der Waals surface area (Å²) >= 11 is 1.13. The van der Waals surface area contributed by atoms with Gasteiger partial charge in [0, 0.05) is 4.90 Å². The Labute approximate surface area is 72.2 Å². The highest BCUT2D eigenvalue weighted by Gasteiger charge is 1.97. The number of hydrogen-bond acceptors (Lipinski definition) is 0. The number of benzene rings is 1. The fourth-order valence-corrected chi connectivity index (χ4v) is 2.05. The molecule has 0 nitrogen and oxygen atoms in total. The maximum atomic E-state index is 3.88. The van der Waals surface area contributed by atoms with Crippen molar-refractivity contribution >= 4 is 17.2 Å². The van der Waals surface area contributed by atoms with Crippen LogP contribution in [0.25, 0.3) is 0 Å². The van der Waals surface area contributed by atoms with Crippen LogP contribution in [-0.4, -0.2) is 5.87 Å². The van der Waals surface area contributed by atoms with Crippen molar-refractivity contribution < 1.29 is 0 Å².